The summed E-state index contributed by atoms with van der Waals surface area (Å²) in [6, 6.07) is 10.5. The normalized spacial score (nSPS) is 10.2. The number of aromatic nitrogens is 3. The number of nitrogens with two attached hydrogens (primary N) is 1. The predicted molar refractivity (Wildman–Crippen MR) is 101 cm³/mol. The van der Waals surface area contributed by atoms with E-state index in [0.29, 0.717) is 10.8 Å². The lowest BCUT2D eigenvalue weighted by molar-refractivity contribution is 0.0957. The van der Waals surface area contributed by atoms with Gasteiger partial charge in [-0.05, 0) is 42.8 Å². The molecule has 0 unspecified atom stereocenters. The summed E-state index contributed by atoms with van der Waals surface area (Å²) in [7, 11) is 0. The number of nitrogen functional groups attached to an aromatic ring is 1. The van der Waals surface area contributed by atoms with Gasteiger partial charge in [-0.3, -0.25) is 20.6 Å². The Hall–Kier alpha value is -3.39. The number of hydrogen-bond donors (Lipinski definition) is 4. The van der Waals surface area contributed by atoms with Crippen LogP contribution in [-0.4, -0.2) is 20.9 Å². The van der Waals surface area contributed by atoms with E-state index in [4.69, 9.17) is 17.3 Å². The first-order valence-electron chi connectivity index (χ1n) is 7.65. The van der Waals surface area contributed by atoms with Crippen molar-refractivity contribution >= 4 is 40.5 Å². The Morgan fingerprint density at radius 2 is 1.92 bits per heavy atom. The lowest BCUT2D eigenvalue weighted by Crippen LogP contribution is -2.31. The van der Waals surface area contributed by atoms with Crippen LogP contribution in [0.3, 0.4) is 0 Å². The van der Waals surface area contributed by atoms with Crippen molar-refractivity contribution in [1.82, 2.24) is 20.4 Å². The molecule has 0 aliphatic rings. The number of carbonyl (C=O) groups is 1. The second-order valence-corrected chi connectivity index (χ2v) is 5.80. The second kappa shape index (κ2) is 7.66. The second-order valence-electron chi connectivity index (χ2n) is 5.36. The van der Waals surface area contributed by atoms with Crippen molar-refractivity contribution in [2.75, 3.05) is 16.5 Å². The summed E-state index contributed by atoms with van der Waals surface area (Å²) in [5.41, 5.74) is 13.5. The van der Waals surface area contributed by atoms with E-state index in [1.54, 1.807) is 24.3 Å². The molecule has 2 heterocycles. The molecule has 0 aliphatic carbocycles. The molecule has 0 atom stereocenters. The van der Waals surface area contributed by atoms with Gasteiger partial charge < -0.3 is 11.1 Å². The van der Waals surface area contributed by atoms with Gasteiger partial charge in [0.1, 0.15) is 17.7 Å². The Kier molecular flexibility index (Phi) is 5.14. The van der Waals surface area contributed by atoms with E-state index < -0.39 is 5.91 Å². The van der Waals surface area contributed by atoms with E-state index in [-0.39, 0.29) is 17.2 Å². The number of hydrazine groups is 1. The molecular weight excluding hydrogens is 354 g/mol. The van der Waals surface area contributed by atoms with Crippen molar-refractivity contribution in [2.45, 2.75) is 6.92 Å². The molecule has 0 bridgehead atoms. The Morgan fingerprint density at radius 1 is 1.12 bits per heavy atom. The van der Waals surface area contributed by atoms with Crippen LogP contribution in [0.4, 0.5) is 23.0 Å². The fraction of sp³-hybridized carbons (Fsp3) is 0.0588. The van der Waals surface area contributed by atoms with Crippen molar-refractivity contribution in [3.63, 3.8) is 0 Å². The van der Waals surface area contributed by atoms with Gasteiger partial charge in [0.15, 0.2) is 11.6 Å². The van der Waals surface area contributed by atoms with Gasteiger partial charge in [-0.2, -0.15) is 0 Å². The van der Waals surface area contributed by atoms with Gasteiger partial charge in [0.05, 0.1) is 0 Å². The first-order valence-corrected chi connectivity index (χ1v) is 8.03. The molecule has 0 spiro atoms. The van der Waals surface area contributed by atoms with E-state index in [1.807, 2.05) is 19.1 Å². The highest BCUT2D eigenvalue weighted by atomic mass is 35.5. The van der Waals surface area contributed by atoms with Crippen molar-refractivity contribution in [1.29, 1.82) is 0 Å². The number of benzene rings is 1. The van der Waals surface area contributed by atoms with Gasteiger partial charge in [-0.1, -0.05) is 17.7 Å². The monoisotopic (exact) mass is 369 g/mol. The fourth-order valence-corrected chi connectivity index (χ4v) is 2.39. The van der Waals surface area contributed by atoms with Gasteiger partial charge in [0, 0.05) is 16.9 Å². The van der Waals surface area contributed by atoms with E-state index in [0.717, 1.165) is 11.3 Å². The number of carbonyl (C=O) groups excluding carboxylic acids is 1. The number of hydrogen-bond acceptors (Lipinski definition) is 7. The molecule has 26 heavy (non-hydrogen) atoms. The van der Waals surface area contributed by atoms with Crippen molar-refractivity contribution < 1.29 is 4.79 Å². The average molecular weight is 370 g/mol. The van der Waals surface area contributed by atoms with Crippen LogP contribution in [0.25, 0.3) is 0 Å². The molecule has 1 aromatic carbocycles. The zero-order valence-electron chi connectivity index (χ0n) is 13.8. The van der Waals surface area contributed by atoms with Crippen LogP contribution in [-0.2, 0) is 0 Å². The summed E-state index contributed by atoms with van der Waals surface area (Å²) in [6.45, 7) is 1.91. The molecule has 8 nitrogen and oxygen atoms in total. The Bertz CT molecular complexity index is 934. The van der Waals surface area contributed by atoms with Crippen LogP contribution in [0, 0.1) is 6.92 Å². The Balaban J connectivity index is 1.74. The van der Waals surface area contributed by atoms with Gasteiger partial charge in [0.2, 0.25) is 0 Å². The number of anilines is 4. The third-order valence-corrected chi connectivity index (χ3v) is 3.75. The van der Waals surface area contributed by atoms with Gasteiger partial charge in [0.25, 0.3) is 5.91 Å². The number of pyridine rings is 1. The van der Waals surface area contributed by atoms with Crippen LogP contribution >= 0.6 is 11.6 Å². The zero-order chi connectivity index (χ0) is 18.5. The maximum Gasteiger partial charge on any atom is 0.288 e. The smallest absolute Gasteiger partial charge is 0.288 e. The molecule has 3 aromatic rings. The summed E-state index contributed by atoms with van der Waals surface area (Å²) in [6.07, 6.45) is 2.86. The SMILES string of the molecule is Cc1cc(Cl)ccc1Nc1ncnc(NNC(=O)c2ccccn2)c1N. The summed E-state index contributed by atoms with van der Waals surface area (Å²) >= 11 is 5.96. The maximum atomic E-state index is 12.0. The largest absolute Gasteiger partial charge is 0.393 e. The molecule has 0 saturated heterocycles. The summed E-state index contributed by atoms with van der Waals surface area (Å²) in [4.78, 5) is 24.2. The quantitative estimate of drug-likeness (QED) is 0.510. The molecule has 2 aromatic heterocycles. The maximum absolute atomic E-state index is 12.0. The highest BCUT2D eigenvalue weighted by Gasteiger charge is 2.11. The van der Waals surface area contributed by atoms with Crippen LogP contribution < -0.4 is 21.9 Å². The van der Waals surface area contributed by atoms with Crippen molar-refractivity contribution in [2.24, 2.45) is 0 Å². The van der Waals surface area contributed by atoms with E-state index >= 15 is 0 Å². The first kappa shape index (κ1) is 17.4. The third-order valence-electron chi connectivity index (χ3n) is 3.52. The van der Waals surface area contributed by atoms with E-state index in [1.165, 1.54) is 12.5 Å². The molecule has 0 radical (unpaired) electrons. The number of aryl methyl sites for hydroxylation is 1. The lowest BCUT2D eigenvalue weighted by Gasteiger charge is -2.14. The Morgan fingerprint density at radius 3 is 2.65 bits per heavy atom. The third kappa shape index (κ3) is 3.98. The fourth-order valence-electron chi connectivity index (χ4n) is 2.17. The molecule has 1 amide bonds. The zero-order valence-corrected chi connectivity index (χ0v) is 14.6. The average Bonchev–Trinajstić information content (AvgIpc) is 2.65. The summed E-state index contributed by atoms with van der Waals surface area (Å²) in [5.74, 6) is 0.255. The standard InChI is InChI=1S/C17H16ClN7O/c1-10-8-11(18)5-6-12(10)23-15-14(19)16(22-9-21-15)24-25-17(26)13-4-2-3-7-20-13/h2-9H,19H2,1H3,(H,25,26)(H2,21,22,23,24). The minimum Gasteiger partial charge on any atom is -0.393 e. The molecule has 0 aliphatic heterocycles. The van der Waals surface area contributed by atoms with Crippen molar-refractivity contribution in [3.05, 3.63) is 65.2 Å². The number of halogens is 1. The minimum absolute atomic E-state index is 0.253. The van der Waals surface area contributed by atoms with Crippen LogP contribution in [0.15, 0.2) is 48.9 Å². The summed E-state index contributed by atoms with van der Waals surface area (Å²) in [5, 5.41) is 3.77. The topological polar surface area (TPSA) is 118 Å². The van der Waals surface area contributed by atoms with Gasteiger partial charge in [-0.15, -0.1) is 0 Å². The number of nitrogens with one attached hydrogen (secondary N) is 3. The molecule has 0 saturated carbocycles. The molecule has 132 valence electrons. The predicted octanol–water partition coefficient (Wildman–Crippen LogP) is 2.92. The van der Waals surface area contributed by atoms with Gasteiger partial charge >= 0.3 is 0 Å². The van der Waals surface area contributed by atoms with Gasteiger partial charge in [-0.25, -0.2) is 9.97 Å². The van der Waals surface area contributed by atoms with Crippen molar-refractivity contribution in [3.8, 4) is 0 Å². The minimum atomic E-state index is -0.410. The van der Waals surface area contributed by atoms with Crippen LogP contribution in [0.5, 0.6) is 0 Å². The molecule has 9 heteroatoms. The lowest BCUT2D eigenvalue weighted by atomic mass is 10.2. The van der Waals surface area contributed by atoms with Crippen LogP contribution in [0.1, 0.15) is 16.1 Å². The highest BCUT2D eigenvalue weighted by molar-refractivity contribution is 6.30. The number of nitrogens with zero attached hydrogens (tertiary/aromatic N) is 3. The Labute approximate surface area is 154 Å². The molecule has 3 rings (SSSR count). The summed E-state index contributed by atoms with van der Waals surface area (Å²) < 4.78 is 0. The first-order chi connectivity index (χ1) is 12.5. The van der Waals surface area contributed by atoms with E-state index in [9.17, 15) is 4.79 Å². The molecule has 0 fully saturated rings. The number of rotatable bonds is 5. The van der Waals surface area contributed by atoms with E-state index in [2.05, 4.69) is 31.1 Å². The molecule has 5 N–H and O–H groups in total. The molecular formula is C17H16ClN7O. The van der Waals surface area contributed by atoms with Crippen LogP contribution in [0.2, 0.25) is 5.02 Å². The number of amides is 1. The highest BCUT2D eigenvalue weighted by Crippen LogP contribution is 2.28.